The van der Waals surface area contributed by atoms with Gasteiger partial charge in [-0.05, 0) is 31.4 Å². The molecule has 5 nitrogen and oxygen atoms in total. The van der Waals surface area contributed by atoms with Gasteiger partial charge in [-0.25, -0.2) is 9.59 Å². The van der Waals surface area contributed by atoms with Crippen molar-refractivity contribution in [2.75, 3.05) is 18.9 Å². The van der Waals surface area contributed by atoms with E-state index in [2.05, 4.69) is 11.9 Å². The summed E-state index contributed by atoms with van der Waals surface area (Å²) in [5.74, 6) is -1.06. The van der Waals surface area contributed by atoms with Crippen LogP contribution in [-0.4, -0.2) is 35.6 Å². The number of aryl methyl sites for hydroxylation is 1. The lowest BCUT2D eigenvalue weighted by Crippen LogP contribution is -2.32. The first-order valence-corrected chi connectivity index (χ1v) is 6.43. The number of allylic oxidation sites excluding steroid dienone is 1. The van der Waals surface area contributed by atoms with Crippen molar-refractivity contribution in [1.82, 2.24) is 4.90 Å². The van der Waals surface area contributed by atoms with Gasteiger partial charge in [0.05, 0.1) is 11.3 Å². The Labute approximate surface area is 118 Å². The molecule has 108 valence electrons. The molecule has 0 aliphatic rings. The van der Waals surface area contributed by atoms with Gasteiger partial charge in [0.1, 0.15) is 0 Å². The molecule has 0 unspecified atom stereocenters. The minimum atomic E-state index is -1.06. The smallest absolute Gasteiger partial charge is 0.337 e. The number of hydrogen-bond acceptors (Lipinski definition) is 2. The third-order valence-electron chi connectivity index (χ3n) is 2.98. The Hall–Kier alpha value is -2.30. The lowest BCUT2D eigenvalue weighted by Gasteiger charge is -2.19. The number of urea groups is 1. The molecular weight excluding hydrogens is 256 g/mol. The van der Waals surface area contributed by atoms with Gasteiger partial charge < -0.3 is 15.3 Å². The molecule has 0 aromatic heterocycles. The lowest BCUT2D eigenvalue weighted by molar-refractivity contribution is 0.0698. The number of benzene rings is 1. The van der Waals surface area contributed by atoms with Gasteiger partial charge in [-0.3, -0.25) is 0 Å². The summed E-state index contributed by atoms with van der Waals surface area (Å²) in [5.41, 5.74) is 1.16. The van der Waals surface area contributed by atoms with Gasteiger partial charge >= 0.3 is 12.0 Å². The number of para-hydroxylation sites is 1. The van der Waals surface area contributed by atoms with E-state index in [0.29, 0.717) is 12.2 Å². The fraction of sp³-hybridized carbons (Fsp3) is 0.333. The number of carbonyl (C=O) groups is 2. The lowest BCUT2D eigenvalue weighted by atomic mass is 10.1. The summed E-state index contributed by atoms with van der Waals surface area (Å²) in [6.07, 6.45) is 3.46. The Balaban J connectivity index is 2.80. The largest absolute Gasteiger partial charge is 0.478 e. The summed E-state index contributed by atoms with van der Waals surface area (Å²) >= 11 is 0. The van der Waals surface area contributed by atoms with E-state index >= 15 is 0 Å². The van der Waals surface area contributed by atoms with Crippen LogP contribution in [0.4, 0.5) is 10.5 Å². The van der Waals surface area contributed by atoms with E-state index in [0.717, 1.165) is 18.4 Å². The molecule has 0 radical (unpaired) electrons. The number of anilines is 1. The van der Waals surface area contributed by atoms with E-state index in [9.17, 15) is 9.59 Å². The standard InChI is InChI=1S/C15H20N2O3/c1-4-5-6-10-17(3)15(20)16-13-11(2)8-7-9-12(13)14(18)19/h4,7-9H,1,5-6,10H2,2-3H3,(H,16,20)(H,18,19). The summed E-state index contributed by atoms with van der Waals surface area (Å²) in [4.78, 5) is 24.7. The van der Waals surface area contributed by atoms with Crippen molar-refractivity contribution in [2.45, 2.75) is 19.8 Å². The summed E-state index contributed by atoms with van der Waals surface area (Å²) in [6, 6.07) is 4.58. The van der Waals surface area contributed by atoms with E-state index in [1.165, 1.54) is 11.0 Å². The Bertz CT molecular complexity index is 512. The molecule has 1 aromatic rings. The number of amides is 2. The molecule has 2 N–H and O–H groups in total. The van der Waals surface area contributed by atoms with Crippen LogP contribution in [0.2, 0.25) is 0 Å². The van der Waals surface area contributed by atoms with Crippen molar-refractivity contribution in [3.63, 3.8) is 0 Å². The van der Waals surface area contributed by atoms with Crippen molar-refractivity contribution < 1.29 is 14.7 Å². The second kappa shape index (κ2) is 7.33. The summed E-state index contributed by atoms with van der Waals surface area (Å²) in [6.45, 7) is 5.98. The van der Waals surface area contributed by atoms with Crippen molar-refractivity contribution in [3.05, 3.63) is 42.0 Å². The summed E-state index contributed by atoms with van der Waals surface area (Å²) < 4.78 is 0. The van der Waals surface area contributed by atoms with Gasteiger partial charge in [0.2, 0.25) is 0 Å². The predicted octanol–water partition coefficient (Wildman–Crippen LogP) is 3.12. The normalized spacial score (nSPS) is 9.90. The van der Waals surface area contributed by atoms with Crippen molar-refractivity contribution in [1.29, 1.82) is 0 Å². The zero-order valence-electron chi connectivity index (χ0n) is 11.8. The molecule has 20 heavy (non-hydrogen) atoms. The molecule has 5 heteroatoms. The van der Waals surface area contributed by atoms with Gasteiger partial charge in [0.25, 0.3) is 0 Å². The van der Waals surface area contributed by atoms with E-state index in [4.69, 9.17) is 5.11 Å². The monoisotopic (exact) mass is 276 g/mol. The van der Waals surface area contributed by atoms with Gasteiger partial charge in [0.15, 0.2) is 0 Å². The van der Waals surface area contributed by atoms with Crippen LogP contribution in [0.1, 0.15) is 28.8 Å². The van der Waals surface area contributed by atoms with Crippen LogP contribution in [0.5, 0.6) is 0 Å². The first-order valence-electron chi connectivity index (χ1n) is 6.43. The van der Waals surface area contributed by atoms with Crippen molar-refractivity contribution >= 4 is 17.7 Å². The SMILES string of the molecule is C=CCCCN(C)C(=O)Nc1c(C)cccc1C(=O)O. The number of unbranched alkanes of at least 4 members (excludes halogenated alkanes) is 1. The molecule has 0 atom stereocenters. The highest BCUT2D eigenvalue weighted by Gasteiger charge is 2.16. The molecule has 0 saturated carbocycles. The maximum Gasteiger partial charge on any atom is 0.337 e. The van der Waals surface area contributed by atoms with Crippen LogP contribution < -0.4 is 5.32 Å². The number of carbonyl (C=O) groups excluding carboxylic acids is 1. The first-order chi connectivity index (χ1) is 9.47. The fourth-order valence-corrected chi connectivity index (χ4v) is 1.79. The number of carboxylic acid groups (broad SMARTS) is 1. The zero-order valence-corrected chi connectivity index (χ0v) is 11.8. The number of nitrogens with one attached hydrogen (secondary N) is 1. The summed E-state index contributed by atoms with van der Waals surface area (Å²) in [7, 11) is 1.68. The number of aromatic carboxylic acids is 1. The highest BCUT2D eigenvalue weighted by molar-refractivity contribution is 6.00. The van der Waals surface area contributed by atoms with Crippen LogP contribution in [0.3, 0.4) is 0 Å². The second-order valence-corrected chi connectivity index (χ2v) is 4.59. The van der Waals surface area contributed by atoms with Crippen LogP contribution in [0.15, 0.2) is 30.9 Å². The fourth-order valence-electron chi connectivity index (χ4n) is 1.79. The molecule has 0 aliphatic carbocycles. The van der Waals surface area contributed by atoms with Crippen LogP contribution >= 0.6 is 0 Å². The van der Waals surface area contributed by atoms with Crippen LogP contribution in [0.25, 0.3) is 0 Å². The number of nitrogens with zero attached hydrogens (tertiary/aromatic N) is 1. The number of hydrogen-bond donors (Lipinski definition) is 2. The van der Waals surface area contributed by atoms with E-state index < -0.39 is 5.97 Å². The highest BCUT2D eigenvalue weighted by atomic mass is 16.4. The van der Waals surface area contributed by atoms with E-state index in [1.54, 1.807) is 32.2 Å². The molecule has 0 aliphatic heterocycles. The molecule has 0 heterocycles. The third kappa shape index (κ3) is 4.12. The van der Waals surface area contributed by atoms with Crippen molar-refractivity contribution in [3.8, 4) is 0 Å². The van der Waals surface area contributed by atoms with Gasteiger partial charge in [-0.1, -0.05) is 18.2 Å². The molecular formula is C15H20N2O3. The Kier molecular flexibility index (Phi) is 5.77. The zero-order chi connectivity index (χ0) is 15.1. The molecule has 1 aromatic carbocycles. The number of carboxylic acids is 1. The van der Waals surface area contributed by atoms with Crippen molar-refractivity contribution in [2.24, 2.45) is 0 Å². The second-order valence-electron chi connectivity index (χ2n) is 4.59. The minimum Gasteiger partial charge on any atom is -0.478 e. The topological polar surface area (TPSA) is 69.6 Å². The predicted molar refractivity (Wildman–Crippen MR) is 79.2 cm³/mol. The van der Waals surface area contributed by atoms with Gasteiger partial charge in [0, 0.05) is 13.6 Å². The quantitative estimate of drug-likeness (QED) is 0.619. The molecule has 0 spiro atoms. The average molecular weight is 276 g/mol. The maximum atomic E-state index is 12.0. The van der Waals surface area contributed by atoms with Crippen LogP contribution in [-0.2, 0) is 0 Å². The maximum absolute atomic E-state index is 12.0. The molecule has 1 rings (SSSR count). The minimum absolute atomic E-state index is 0.0952. The Morgan fingerprint density at radius 1 is 1.45 bits per heavy atom. The molecule has 0 saturated heterocycles. The number of rotatable bonds is 6. The molecule has 0 bridgehead atoms. The molecule has 2 amide bonds. The summed E-state index contributed by atoms with van der Waals surface area (Å²) in [5, 5.41) is 11.8. The van der Waals surface area contributed by atoms with E-state index in [1.807, 2.05) is 0 Å². The average Bonchev–Trinajstić information content (AvgIpc) is 2.40. The van der Waals surface area contributed by atoms with E-state index in [-0.39, 0.29) is 11.6 Å². The third-order valence-corrected chi connectivity index (χ3v) is 2.98. The molecule has 0 fully saturated rings. The van der Waals surface area contributed by atoms with Gasteiger partial charge in [-0.2, -0.15) is 0 Å². The Morgan fingerprint density at radius 3 is 2.75 bits per heavy atom. The Morgan fingerprint density at radius 2 is 2.15 bits per heavy atom. The van der Waals surface area contributed by atoms with Gasteiger partial charge in [-0.15, -0.1) is 6.58 Å². The first kappa shape index (κ1) is 15.8. The highest BCUT2D eigenvalue weighted by Crippen LogP contribution is 2.21. The van der Waals surface area contributed by atoms with Crippen LogP contribution in [0, 0.1) is 6.92 Å².